The third-order valence-corrected chi connectivity index (χ3v) is 7.49. The molecule has 0 radical (unpaired) electrons. The molecule has 0 aromatic heterocycles. The Balaban J connectivity index is 0.000000285. The number of nitrogens with zero attached hydrogens (tertiary/aromatic N) is 2. The molecule has 0 saturated heterocycles. The highest BCUT2D eigenvalue weighted by Gasteiger charge is 2.31. The Morgan fingerprint density at radius 2 is 1.93 bits per heavy atom. The number of carbonyl (C=O) groups is 1. The molecular weight excluding hydrogens is 554 g/mol. The Bertz CT molecular complexity index is 1210. The summed E-state index contributed by atoms with van der Waals surface area (Å²) in [5.74, 6) is 2.38. The van der Waals surface area contributed by atoms with E-state index in [4.69, 9.17) is 26.9 Å². The van der Waals surface area contributed by atoms with Gasteiger partial charge in [-0.3, -0.25) is 14.9 Å². The number of allylic oxidation sites excluding steroid dienone is 2. The minimum atomic E-state index is -0.590. The molecule has 0 heterocycles. The number of rotatable bonds is 12. The molecule has 0 bridgehead atoms. The summed E-state index contributed by atoms with van der Waals surface area (Å²) in [5, 5.41) is 25.6. The second kappa shape index (κ2) is 16.8. The number of anilines is 1. The lowest BCUT2D eigenvalue weighted by Crippen LogP contribution is -2.26. The van der Waals surface area contributed by atoms with Gasteiger partial charge in [-0.25, -0.2) is 0 Å². The normalized spacial score (nSPS) is 16.2. The van der Waals surface area contributed by atoms with E-state index in [1.54, 1.807) is 24.3 Å². The molecule has 2 aromatic carbocycles. The molecule has 0 fully saturated rings. The van der Waals surface area contributed by atoms with Gasteiger partial charge in [0.25, 0.3) is 5.69 Å². The van der Waals surface area contributed by atoms with E-state index in [2.05, 4.69) is 19.0 Å². The number of halogens is 1. The summed E-state index contributed by atoms with van der Waals surface area (Å²) < 4.78 is 5.49. The van der Waals surface area contributed by atoms with Crippen molar-refractivity contribution in [3.63, 3.8) is 0 Å². The van der Waals surface area contributed by atoms with Crippen molar-refractivity contribution in [3.05, 3.63) is 68.9 Å². The maximum atomic E-state index is 12.5. The van der Waals surface area contributed by atoms with E-state index < -0.39 is 4.92 Å². The van der Waals surface area contributed by atoms with Gasteiger partial charge in [-0.15, -0.1) is 0 Å². The molecule has 1 aliphatic carbocycles. The fourth-order valence-corrected chi connectivity index (χ4v) is 5.48. The second-order valence-corrected chi connectivity index (χ2v) is 11.3. The maximum Gasteiger partial charge on any atom is 0.293 e. The number of Topliss-reactive ketones (excluding diaryl/α,β-unsaturated/α-hetero) is 1. The lowest BCUT2D eigenvalue weighted by atomic mass is 9.82. The number of oxime groups is 1. The minimum absolute atomic E-state index is 0.00866. The number of nitrogen functional groups attached to an aromatic ring is 1. The zero-order valence-corrected chi connectivity index (χ0v) is 25.0. The zero-order valence-electron chi connectivity index (χ0n) is 23.4. The van der Waals surface area contributed by atoms with E-state index in [1.807, 2.05) is 31.7 Å². The molecule has 3 rings (SSSR count). The van der Waals surface area contributed by atoms with Crippen LogP contribution in [0.2, 0.25) is 5.02 Å². The number of ketones is 1. The van der Waals surface area contributed by atoms with Crippen LogP contribution in [0.5, 0.6) is 11.5 Å². The van der Waals surface area contributed by atoms with Crippen LogP contribution < -0.4 is 10.5 Å². The van der Waals surface area contributed by atoms with Gasteiger partial charge in [-0.1, -0.05) is 62.1 Å². The lowest BCUT2D eigenvalue weighted by molar-refractivity contribution is -0.383. The van der Waals surface area contributed by atoms with Gasteiger partial charge in [0.15, 0.2) is 5.78 Å². The number of para-hydroxylation sites is 1. The van der Waals surface area contributed by atoms with Gasteiger partial charge in [0.05, 0.1) is 16.2 Å². The van der Waals surface area contributed by atoms with Crippen LogP contribution in [-0.4, -0.2) is 39.1 Å². The number of thioether (sulfide) groups is 1. The highest BCUT2D eigenvalue weighted by molar-refractivity contribution is 7.99. The molecule has 2 unspecified atom stereocenters. The largest absolute Gasteiger partial charge is 0.511 e. The van der Waals surface area contributed by atoms with Gasteiger partial charge in [-0.05, 0) is 49.6 Å². The van der Waals surface area contributed by atoms with Crippen molar-refractivity contribution in [2.75, 3.05) is 18.1 Å². The monoisotopic (exact) mass is 591 g/mol. The summed E-state index contributed by atoms with van der Waals surface area (Å²) in [6.07, 6.45) is 3.56. The number of aliphatic hydroxyl groups is 1. The second-order valence-electron chi connectivity index (χ2n) is 9.21. The molecule has 2 aromatic rings. The Kier molecular flexibility index (Phi) is 13.8. The van der Waals surface area contributed by atoms with E-state index in [1.165, 1.54) is 12.1 Å². The molecule has 2 atom stereocenters. The molecule has 40 heavy (non-hydrogen) atoms. The van der Waals surface area contributed by atoms with Crippen LogP contribution >= 0.6 is 23.4 Å². The third kappa shape index (κ3) is 9.75. The van der Waals surface area contributed by atoms with Crippen molar-refractivity contribution in [1.82, 2.24) is 0 Å². The van der Waals surface area contributed by atoms with Gasteiger partial charge in [0, 0.05) is 24.2 Å². The molecule has 0 aliphatic heterocycles. The zero-order chi connectivity index (χ0) is 29.7. The van der Waals surface area contributed by atoms with Crippen LogP contribution in [0.3, 0.4) is 0 Å². The molecule has 0 saturated carbocycles. The number of benzene rings is 2. The van der Waals surface area contributed by atoms with Crippen molar-refractivity contribution >= 4 is 46.2 Å². The van der Waals surface area contributed by atoms with Crippen LogP contribution in [0, 0.1) is 16.0 Å². The van der Waals surface area contributed by atoms with Crippen LogP contribution in [0.15, 0.2) is 59.0 Å². The van der Waals surface area contributed by atoms with Gasteiger partial charge in [0.1, 0.15) is 34.6 Å². The van der Waals surface area contributed by atoms with Crippen molar-refractivity contribution < 1.29 is 24.4 Å². The number of carbonyl (C=O) groups excluding carboxylic acids is 1. The van der Waals surface area contributed by atoms with Crippen LogP contribution in [-0.2, 0) is 9.63 Å². The molecular formula is C29H38ClN3O6S. The first-order chi connectivity index (χ1) is 19.1. The number of aliphatic hydroxyl groups excluding tert-OH is 1. The molecule has 218 valence electrons. The van der Waals surface area contributed by atoms with Gasteiger partial charge in [0.2, 0.25) is 0 Å². The molecule has 0 amide bonds. The fraction of sp³-hybridized carbons (Fsp3) is 0.448. The molecule has 0 spiro atoms. The maximum absolute atomic E-state index is 12.5. The summed E-state index contributed by atoms with van der Waals surface area (Å²) in [6.45, 7) is 8.67. The first kappa shape index (κ1) is 33.0. The highest BCUT2D eigenvalue weighted by Crippen LogP contribution is 2.39. The topological polar surface area (TPSA) is 137 Å². The highest BCUT2D eigenvalue weighted by atomic mass is 35.5. The predicted octanol–water partition coefficient (Wildman–Crippen LogP) is 8.12. The Labute approximate surface area is 244 Å². The molecule has 1 aliphatic rings. The number of nitro groups is 1. The van der Waals surface area contributed by atoms with Crippen molar-refractivity contribution in [3.8, 4) is 11.5 Å². The quantitative estimate of drug-likeness (QED) is 0.109. The first-order valence-electron chi connectivity index (χ1n) is 13.3. The van der Waals surface area contributed by atoms with Gasteiger partial charge < -0.3 is 20.4 Å². The van der Waals surface area contributed by atoms with E-state index in [0.717, 1.165) is 18.6 Å². The Morgan fingerprint density at radius 3 is 2.50 bits per heavy atom. The molecule has 9 nitrogen and oxygen atoms in total. The average molecular weight is 592 g/mol. The average Bonchev–Trinajstić information content (AvgIpc) is 2.90. The van der Waals surface area contributed by atoms with Crippen LogP contribution in [0.1, 0.15) is 59.8 Å². The third-order valence-electron chi connectivity index (χ3n) is 6.01. The van der Waals surface area contributed by atoms with Crippen molar-refractivity contribution in [2.45, 2.75) is 65.0 Å². The summed E-state index contributed by atoms with van der Waals surface area (Å²) in [7, 11) is 0. The number of hydrogen-bond donors (Lipinski definition) is 2. The van der Waals surface area contributed by atoms with E-state index in [9.17, 15) is 20.0 Å². The summed E-state index contributed by atoms with van der Waals surface area (Å²) >= 11 is 7.84. The first-order valence-corrected chi connectivity index (χ1v) is 14.8. The number of nitrogens with two attached hydrogens (primary N) is 1. The van der Waals surface area contributed by atoms with Gasteiger partial charge >= 0.3 is 0 Å². The van der Waals surface area contributed by atoms with E-state index >= 15 is 0 Å². The lowest BCUT2D eigenvalue weighted by Gasteiger charge is -2.25. The SMILES string of the molecule is CCCC(=NOCC)C1=C(O)CC(CC(C)SCC)CC1=O.Nc1c([N+](=O)[O-])ccc(Oc2ccccc2)c1Cl. The molecule has 3 N–H and O–H groups in total. The summed E-state index contributed by atoms with van der Waals surface area (Å²) in [5.41, 5.74) is 6.25. The number of hydrogen-bond acceptors (Lipinski definition) is 9. The predicted molar refractivity (Wildman–Crippen MR) is 163 cm³/mol. The standard InChI is InChI=1S/C17H29NO3S.C12H9ClN2O3/c1-5-8-14(18-21-6-2)17-15(19)10-13(11-16(17)20)9-12(4)22-7-3;13-11-10(18-8-4-2-1-3-5-8)7-6-9(12(11)14)15(16)17/h12-13,19H,5-11H2,1-4H3;1-7H,14H2. The minimum Gasteiger partial charge on any atom is -0.511 e. The Hall–Kier alpha value is -3.24. The summed E-state index contributed by atoms with van der Waals surface area (Å²) in [4.78, 5) is 27.7. The van der Waals surface area contributed by atoms with Crippen molar-refractivity contribution in [1.29, 1.82) is 0 Å². The van der Waals surface area contributed by atoms with Crippen molar-refractivity contribution in [2.24, 2.45) is 11.1 Å². The van der Waals surface area contributed by atoms with Crippen LogP contribution in [0.4, 0.5) is 11.4 Å². The van der Waals surface area contributed by atoms with E-state index in [-0.39, 0.29) is 39.6 Å². The van der Waals surface area contributed by atoms with Crippen LogP contribution in [0.25, 0.3) is 0 Å². The van der Waals surface area contributed by atoms with Gasteiger partial charge in [-0.2, -0.15) is 11.8 Å². The fourth-order valence-electron chi connectivity index (χ4n) is 4.30. The van der Waals surface area contributed by atoms with E-state index in [0.29, 0.717) is 48.2 Å². The smallest absolute Gasteiger partial charge is 0.293 e. The number of ether oxygens (including phenoxy) is 1. The molecule has 11 heteroatoms. The Morgan fingerprint density at radius 1 is 1.23 bits per heavy atom. The summed E-state index contributed by atoms with van der Waals surface area (Å²) in [6, 6.07) is 11.6. The number of nitro benzene ring substituents is 1.